The number of rotatable bonds is 2. The van der Waals surface area contributed by atoms with Gasteiger partial charge in [0.05, 0.1) is 12.2 Å². The monoisotopic (exact) mass is 217 g/mol. The van der Waals surface area contributed by atoms with Gasteiger partial charge in [-0.05, 0) is 30.5 Å². The van der Waals surface area contributed by atoms with Crippen LogP contribution in [0.25, 0.3) is 0 Å². The molecule has 1 aliphatic rings. The summed E-state index contributed by atoms with van der Waals surface area (Å²) in [6, 6.07) is 5.85. The second-order valence-corrected chi connectivity index (χ2v) is 4.08. The Balaban J connectivity index is 2.09. The van der Waals surface area contributed by atoms with Gasteiger partial charge in [0.2, 0.25) is 0 Å². The SMILES string of the molecule is N#CC(c1ccncc1)N1CCC(O)CC1. The van der Waals surface area contributed by atoms with Gasteiger partial charge in [-0.25, -0.2) is 0 Å². The lowest BCUT2D eigenvalue weighted by Gasteiger charge is -2.32. The van der Waals surface area contributed by atoms with Gasteiger partial charge in [-0.2, -0.15) is 5.26 Å². The number of aliphatic hydroxyl groups excluding tert-OH is 1. The molecule has 1 N–H and O–H groups in total. The molecule has 4 nitrogen and oxygen atoms in total. The van der Waals surface area contributed by atoms with E-state index in [1.54, 1.807) is 12.4 Å². The van der Waals surface area contributed by atoms with Crippen molar-refractivity contribution >= 4 is 0 Å². The van der Waals surface area contributed by atoms with Crippen molar-refractivity contribution in [2.45, 2.75) is 25.0 Å². The molecule has 1 aromatic heterocycles. The van der Waals surface area contributed by atoms with Gasteiger partial charge in [0.1, 0.15) is 6.04 Å². The molecule has 0 amide bonds. The second kappa shape index (κ2) is 5.06. The van der Waals surface area contributed by atoms with Crippen LogP contribution in [0.1, 0.15) is 24.4 Å². The van der Waals surface area contributed by atoms with Crippen LogP contribution < -0.4 is 0 Å². The summed E-state index contributed by atoms with van der Waals surface area (Å²) in [6.45, 7) is 1.56. The molecule has 4 heteroatoms. The molecular weight excluding hydrogens is 202 g/mol. The van der Waals surface area contributed by atoms with Crippen molar-refractivity contribution in [2.24, 2.45) is 0 Å². The third-order valence-electron chi connectivity index (χ3n) is 3.01. The van der Waals surface area contributed by atoms with Gasteiger partial charge in [0, 0.05) is 25.5 Å². The van der Waals surface area contributed by atoms with Crippen LogP contribution in [0.2, 0.25) is 0 Å². The van der Waals surface area contributed by atoms with Gasteiger partial charge in [-0.15, -0.1) is 0 Å². The lowest BCUT2D eigenvalue weighted by molar-refractivity contribution is 0.0716. The minimum atomic E-state index is -0.213. The topological polar surface area (TPSA) is 60.2 Å². The summed E-state index contributed by atoms with van der Waals surface area (Å²) in [4.78, 5) is 6.06. The Morgan fingerprint density at radius 1 is 1.38 bits per heavy atom. The summed E-state index contributed by atoms with van der Waals surface area (Å²) in [5, 5.41) is 18.7. The number of aromatic nitrogens is 1. The first-order valence-electron chi connectivity index (χ1n) is 5.53. The Morgan fingerprint density at radius 3 is 2.56 bits per heavy atom. The Hall–Kier alpha value is -1.44. The molecule has 16 heavy (non-hydrogen) atoms. The van der Waals surface area contributed by atoms with Crippen LogP contribution in [-0.2, 0) is 0 Å². The number of likely N-dealkylation sites (tertiary alicyclic amines) is 1. The molecule has 1 aliphatic heterocycles. The Labute approximate surface area is 95.1 Å². The molecule has 0 aromatic carbocycles. The highest BCUT2D eigenvalue weighted by atomic mass is 16.3. The smallest absolute Gasteiger partial charge is 0.123 e. The van der Waals surface area contributed by atoms with Gasteiger partial charge in [-0.1, -0.05) is 0 Å². The number of piperidine rings is 1. The van der Waals surface area contributed by atoms with E-state index >= 15 is 0 Å². The van der Waals surface area contributed by atoms with E-state index in [9.17, 15) is 10.4 Å². The molecule has 2 heterocycles. The van der Waals surface area contributed by atoms with Crippen LogP contribution >= 0.6 is 0 Å². The lowest BCUT2D eigenvalue weighted by Crippen LogP contribution is -2.38. The van der Waals surface area contributed by atoms with Crippen LogP contribution in [0.5, 0.6) is 0 Å². The summed E-state index contributed by atoms with van der Waals surface area (Å²) in [6.07, 6.45) is 4.72. The number of aliphatic hydroxyl groups is 1. The molecule has 1 fully saturated rings. The predicted octanol–water partition coefficient (Wildman–Crippen LogP) is 1.10. The maximum absolute atomic E-state index is 9.43. The quantitative estimate of drug-likeness (QED) is 0.806. The highest BCUT2D eigenvalue weighted by Gasteiger charge is 2.24. The Bertz CT molecular complexity index is 366. The third-order valence-corrected chi connectivity index (χ3v) is 3.01. The van der Waals surface area contributed by atoms with Crippen molar-refractivity contribution in [3.63, 3.8) is 0 Å². The Kier molecular flexibility index (Phi) is 3.50. The molecule has 0 bridgehead atoms. The van der Waals surface area contributed by atoms with E-state index < -0.39 is 0 Å². The molecule has 0 radical (unpaired) electrons. The molecule has 2 rings (SSSR count). The second-order valence-electron chi connectivity index (χ2n) is 4.08. The lowest BCUT2D eigenvalue weighted by atomic mass is 10.0. The fraction of sp³-hybridized carbons (Fsp3) is 0.500. The van der Waals surface area contributed by atoms with Crippen molar-refractivity contribution in [1.29, 1.82) is 5.26 Å². The summed E-state index contributed by atoms with van der Waals surface area (Å²) in [5.74, 6) is 0. The van der Waals surface area contributed by atoms with E-state index in [0.717, 1.165) is 31.5 Å². The molecular formula is C12H15N3O. The largest absolute Gasteiger partial charge is 0.393 e. The highest BCUT2D eigenvalue weighted by molar-refractivity contribution is 5.21. The normalized spacial score (nSPS) is 20.2. The van der Waals surface area contributed by atoms with Gasteiger partial charge in [0.15, 0.2) is 0 Å². The highest BCUT2D eigenvalue weighted by Crippen LogP contribution is 2.23. The van der Waals surface area contributed by atoms with E-state index in [0.29, 0.717) is 0 Å². The summed E-state index contributed by atoms with van der Waals surface area (Å²) >= 11 is 0. The molecule has 1 atom stereocenters. The number of nitriles is 1. The van der Waals surface area contributed by atoms with Crippen molar-refractivity contribution in [3.8, 4) is 6.07 Å². The fourth-order valence-corrected chi connectivity index (χ4v) is 2.06. The molecule has 84 valence electrons. The maximum atomic E-state index is 9.43. The third kappa shape index (κ3) is 2.38. The van der Waals surface area contributed by atoms with Gasteiger partial charge in [-0.3, -0.25) is 9.88 Å². The standard InChI is InChI=1S/C12H15N3O/c13-9-12(10-1-5-14-6-2-10)15-7-3-11(16)4-8-15/h1-2,5-6,11-12,16H,3-4,7-8H2. The molecule has 0 saturated carbocycles. The Morgan fingerprint density at radius 2 is 2.00 bits per heavy atom. The summed E-state index contributed by atoms with van der Waals surface area (Å²) in [7, 11) is 0. The van der Waals surface area contributed by atoms with Crippen molar-refractivity contribution in [3.05, 3.63) is 30.1 Å². The van der Waals surface area contributed by atoms with Crippen LogP contribution in [0.4, 0.5) is 0 Å². The maximum Gasteiger partial charge on any atom is 0.123 e. The minimum absolute atomic E-state index is 0.201. The zero-order chi connectivity index (χ0) is 11.4. The van der Waals surface area contributed by atoms with Crippen molar-refractivity contribution in [2.75, 3.05) is 13.1 Å². The van der Waals surface area contributed by atoms with E-state index in [1.807, 2.05) is 12.1 Å². The first-order valence-corrected chi connectivity index (χ1v) is 5.53. The van der Waals surface area contributed by atoms with E-state index in [1.165, 1.54) is 0 Å². The molecule has 0 aliphatic carbocycles. The van der Waals surface area contributed by atoms with Crippen LogP contribution in [0, 0.1) is 11.3 Å². The first-order chi connectivity index (χ1) is 7.81. The molecule has 1 aromatic rings. The molecule has 1 saturated heterocycles. The van der Waals surface area contributed by atoms with E-state index in [4.69, 9.17) is 0 Å². The summed E-state index contributed by atoms with van der Waals surface area (Å²) < 4.78 is 0. The molecule has 0 spiro atoms. The van der Waals surface area contributed by atoms with E-state index in [2.05, 4.69) is 16.0 Å². The van der Waals surface area contributed by atoms with E-state index in [-0.39, 0.29) is 12.1 Å². The fourth-order valence-electron chi connectivity index (χ4n) is 2.06. The van der Waals surface area contributed by atoms with Crippen molar-refractivity contribution < 1.29 is 5.11 Å². The minimum Gasteiger partial charge on any atom is -0.393 e. The van der Waals surface area contributed by atoms with Gasteiger partial charge >= 0.3 is 0 Å². The number of hydrogen-bond acceptors (Lipinski definition) is 4. The van der Waals surface area contributed by atoms with Crippen LogP contribution in [0.3, 0.4) is 0 Å². The predicted molar refractivity (Wildman–Crippen MR) is 59.4 cm³/mol. The van der Waals surface area contributed by atoms with Gasteiger partial charge in [0.25, 0.3) is 0 Å². The first kappa shape index (κ1) is 11.1. The van der Waals surface area contributed by atoms with Crippen molar-refractivity contribution in [1.82, 2.24) is 9.88 Å². The van der Waals surface area contributed by atoms with Crippen LogP contribution in [-0.4, -0.2) is 34.2 Å². The zero-order valence-corrected chi connectivity index (χ0v) is 9.08. The number of hydrogen-bond donors (Lipinski definition) is 1. The summed E-state index contributed by atoms with van der Waals surface area (Å²) in [5.41, 5.74) is 0.980. The van der Waals surface area contributed by atoms with Gasteiger partial charge < -0.3 is 5.11 Å². The average Bonchev–Trinajstić information content (AvgIpc) is 2.34. The number of pyridine rings is 1. The average molecular weight is 217 g/mol. The zero-order valence-electron chi connectivity index (χ0n) is 9.08. The van der Waals surface area contributed by atoms with Crippen LogP contribution in [0.15, 0.2) is 24.5 Å². The molecule has 1 unspecified atom stereocenters. The number of nitrogens with zero attached hydrogens (tertiary/aromatic N) is 3.